The van der Waals surface area contributed by atoms with Crippen LogP contribution in [-0.4, -0.2) is 16.4 Å². The first kappa shape index (κ1) is 19.3. The van der Waals surface area contributed by atoms with Crippen molar-refractivity contribution >= 4 is 43.1 Å². The van der Waals surface area contributed by atoms with Gasteiger partial charge in [0, 0.05) is 17.4 Å². The largest absolute Gasteiger partial charge is 3.00 e. The van der Waals surface area contributed by atoms with Gasteiger partial charge in [0.2, 0.25) is 0 Å². The molecule has 3 aromatic rings. The van der Waals surface area contributed by atoms with Crippen molar-refractivity contribution in [2.24, 2.45) is 4.99 Å². The standard InChI is InChI=1S/C18H14N2S.C11H12N.Ir/c1-11(2)7-10-16(19)15-6-4-5-13-14-9-8-12(3)20-18(14)21-17(13)15;1-3-4-7-10(2)11-8-5-6-9-12-11;/h4-5,7-10H,1H2,2-3H3;3-4,6,9H,1-2,5,8H2;/q-2;-1;+3/b10-7-;;/i1D,2D3,7D,10D;;/b10-7-,11-1?;;. The van der Waals surface area contributed by atoms with E-state index in [-0.39, 0.29) is 25.7 Å². The van der Waals surface area contributed by atoms with Gasteiger partial charge in [0.15, 0.2) is 0 Å². The van der Waals surface area contributed by atoms with E-state index in [1.807, 2.05) is 37.4 Å². The smallest absolute Gasteiger partial charge is 0.855 e. The second-order valence-electron chi connectivity index (χ2n) is 7.04. The van der Waals surface area contributed by atoms with Crippen molar-refractivity contribution in [1.29, 1.82) is 0 Å². The minimum absolute atomic E-state index is 0. The minimum atomic E-state index is -2.72. The molecule has 172 valence electrons. The Kier molecular flexibility index (Phi) is 7.42. The fourth-order valence-electron chi connectivity index (χ4n) is 3.05. The molecule has 3 heterocycles. The second-order valence-corrected chi connectivity index (χ2v) is 8.04. The molecular formula is C29H26IrN3S. The van der Waals surface area contributed by atoms with Crippen LogP contribution >= 0.6 is 11.3 Å². The Balaban J connectivity index is 0.000000363. The zero-order valence-electron chi connectivity index (χ0n) is 24.6. The van der Waals surface area contributed by atoms with Gasteiger partial charge in [0.05, 0.1) is 2.74 Å². The molecule has 0 bridgehead atoms. The summed E-state index contributed by atoms with van der Waals surface area (Å²) in [6, 6.07) is 8.72. The third-order valence-electron chi connectivity index (χ3n) is 4.60. The van der Waals surface area contributed by atoms with E-state index >= 15 is 0 Å². The Morgan fingerprint density at radius 3 is 2.91 bits per heavy atom. The van der Waals surface area contributed by atoms with Crippen LogP contribution in [0.15, 0.2) is 96.6 Å². The van der Waals surface area contributed by atoms with E-state index in [9.17, 15) is 5.41 Å². The number of allylic oxidation sites excluding steroid dienone is 8. The number of thiophene rings is 1. The van der Waals surface area contributed by atoms with Crippen LogP contribution in [0.25, 0.3) is 25.7 Å². The van der Waals surface area contributed by atoms with Gasteiger partial charge in [-0.05, 0) is 48.5 Å². The summed E-state index contributed by atoms with van der Waals surface area (Å²) in [5, 5.41) is 12.3. The summed E-state index contributed by atoms with van der Waals surface area (Å²) in [5.41, 5.74) is 1.77. The van der Waals surface area contributed by atoms with Gasteiger partial charge in [-0.25, -0.2) is 10.7 Å². The predicted octanol–water partition coefficient (Wildman–Crippen LogP) is 7.88. The van der Waals surface area contributed by atoms with Crippen molar-refractivity contribution in [2.75, 3.05) is 0 Å². The average Bonchev–Trinajstić information content (AvgIpc) is 3.28. The summed E-state index contributed by atoms with van der Waals surface area (Å²) in [5.74, 6) is 0. The van der Waals surface area contributed by atoms with Crippen molar-refractivity contribution in [3.8, 4) is 0 Å². The zero-order chi connectivity index (χ0) is 28.7. The summed E-state index contributed by atoms with van der Waals surface area (Å²) in [6.45, 7) is 7.10. The summed E-state index contributed by atoms with van der Waals surface area (Å²) < 4.78 is 46.1. The van der Waals surface area contributed by atoms with E-state index in [4.69, 9.17) is 8.22 Å². The number of rotatable bonds is 6. The normalized spacial score (nSPS) is 17.0. The van der Waals surface area contributed by atoms with Crippen LogP contribution in [0.5, 0.6) is 0 Å². The van der Waals surface area contributed by atoms with Crippen molar-refractivity contribution in [3.63, 3.8) is 0 Å². The number of aryl methyl sites for hydroxylation is 1. The Hall–Kier alpha value is -2.98. The topological polar surface area (TPSA) is 47.5 Å². The van der Waals surface area contributed by atoms with E-state index in [0.29, 0.717) is 11.3 Å². The third kappa shape index (κ3) is 7.01. The van der Waals surface area contributed by atoms with Gasteiger partial charge in [0.25, 0.3) is 0 Å². The maximum atomic E-state index is 10.6. The van der Waals surface area contributed by atoms with Gasteiger partial charge in [-0.3, -0.25) is 0 Å². The molecule has 0 unspecified atom stereocenters. The number of fused-ring (bicyclic) bond motifs is 3. The van der Waals surface area contributed by atoms with Gasteiger partial charge >= 0.3 is 20.1 Å². The molecule has 0 saturated heterocycles. The summed E-state index contributed by atoms with van der Waals surface area (Å²) in [4.78, 5) is 9.45. The summed E-state index contributed by atoms with van der Waals surface area (Å²) in [7, 11) is 0. The fourth-order valence-corrected chi connectivity index (χ4v) is 4.27. The number of aliphatic imine (C=N–C) groups is 1. The number of hydrogen-bond acceptors (Lipinski definition) is 3. The first-order chi connectivity index (χ1) is 18.5. The third-order valence-corrected chi connectivity index (χ3v) is 5.73. The SMILES string of the molecule is C=CC=[C-]C(=C)C1=NC=CCC1.[2H]C=C(/C([2H])=C(/[2H])C(=[N-])c1[c-]ccc2c1sc1nc(C)ccc12)C([2H])([2H])[2H].[Ir+3]. The molecule has 0 radical (unpaired) electrons. The minimum Gasteiger partial charge on any atom is -0.855 e. The second kappa shape index (κ2) is 13.0. The maximum Gasteiger partial charge on any atom is 3.00 e. The molecular weight excluding hydrogens is 615 g/mol. The van der Waals surface area contributed by atoms with Crippen molar-refractivity contribution < 1.29 is 28.3 Å². The van der Waals surface area contributed by atoms with E-state index < -0.39 is 30.2 Å². The molecule has 4 rings (SSSR count). The van der Waals surface area contributed by atoms with Gasteiger partial charge in [0.1, 0.15) is 4.83 Å². The first-order valence-corrected chi connectivity index (χ1v) is 11.0. The quantitative estimate of drug-likeness (QED) is 0.153. The number of nitrogens with zero attached hydrogens (tertiary/aromatic N) is 3. The van der Waals surface area contributed by atoms with Gasteiger partial charge in [-0.1, -0.05) is 35.7 Å². The van der Waals surface area contributed by atoms with Crippen LogP contribution in [-0.2, 0) is 20.1 Å². The molecule has 0 atom stereocenters. The van der Waals surface area contributed by atoms with E-state index in [1.54, 1.807) is 18.2 Å². The van der Waals surface area contributed by atoms with Gasteiger partial charge < -0.3 is 10.4 Å². The Morgan fingerprint density at radius 1 is 1.35 bits per heavy atom. The van der Waals surface area contributed by atoms with Crippen LogP contribution in [0.3, 0.4) is 0 Å². The maximum absolute atomic E-state index is 10.6. The summed E-state index contributed by atoms with van der Waals surface area (Å²) in [6.07, 6.45) is 12.3. The Bertz CT molecular complexity index is 1590. The average molecular weight is 647 g/mol. The first-order valence-electron chi connectivity index (χ1n) is 13.2. The van der Waals surface area contributed by atoms with E-state index in [0.717, 1.165) is 45.4 Å². The Labute approximate surface area is 228 Å². The molecule has 5 heteroatoms. The zero-order valence-corrected chi connectivity index (χ0v) is 21.8. The van der Waals surface area contributed by atoms with Crippen LogP contribution in [0.4, 0.5) is 0 Å². The number of benzene rings is 1. The number of pyridine rings is 1. The van der Waals surface area contributed by atoms with Crippen molar-refractivity contribution in [2.45, 2.75) is 26.6 Å². The van der Waals surface area contributed by atoms with Gasteiger partial charge in [-0.15, -0.1) is 54.6 Å². The van der Waals surface area contributed by atoms with Crippen molar-refractivity contribution in [3.05, 3.63) is 120 Å². The molecule has 1 aromatic carbocycles. The molecule has 3 nitrogen and oxygen atoms in total. The number of aromatic nitrogens is 1. The van der Waals surface area contributed by atoms with Crippen LogP contribution in [0, 0.1) is 19.1 Å². The molecule has 0 aliphatic carbocycles. The van der Waals surface area contributed by atoms with Crippen LogP contribution in [0.1, 0.15) is 39.2 Å². The van der Waals surface area contributed by atoms with E-state index in [2.05, 4.69) is 35.3 Å². The monoisotopic (exact) mass is 647 g/mol. The predicted molar refractivity (Wildman–Crippen MR) is 145 cm³/mol. The summed E-state index contributed by atoms with van der Waals surface area (Å²) >= 11 is 1.33. The van der Waals surface area contributed by atoms with Crippen LogP contribution in [0.2, 0.25) is 0 Å². The molecule has 0 fully saturated rings. The molecule has 34 heavy (non-hydrogen) atoms. The number of hydrogen-bond donors (Lipinski definition) is 0. The van der Waals surface area contributed by atoms with Crippen molar-refractivity contribution in [1.82, 2.24) is 4.98 Å². The fraction of sp³-hybridized carbons (Fsp3) is 0.138. The Morgan fingerprint density at radius 2 is 2.21 bits per heavy atom. The molecule has 0 spiro atoms. The van der Waals surface area contributed by atoms with Crippen LogP contribution < -0.4 is 0 Å². The molecule has 0 amide bonds. The molecule has 0 N–H and O–H groups in total. The van der Waals surface area contributed by atoms with E-state index in [1.165, 1.54) is 11.3 Å². The molecule has 0 saturated carbocycles. The molecule has 2 aromatic heterocycles. The molecule has 1 aliphatic heterocycles. The molecule has 1 aliphatic rings. The van der Waals surface area contributed by atoms with Gasteiger partial charge in [-0.2, -0.15) is 23.5 Å².